The second-order valence-corrected chi connectivity index (χ2v) is 5.35. The molecule has 2 aromatic carbocycles. The van der Waals surface area contributed by atoms with Gasteiger partial charge < -0.3 is 5.32 Å². The van der Waals surface area contributed by atoms with E-state index in [-0.39, 0.29) is 11.3 Å². The quantitative estimate of drug-likeness (QED) is 0.671. The van der Waals surface area contributed by atoms with E-state index in [1.54, 1.807) is 30.3 Å². The molecule has 0 saturated carbocycles. The summed E-state index contributed by atoms with van der Waals surface area (Å²) in [6.07, 6.45) is -2.95. The average molecular weight is 330 g/mol. The number of nitrogens with one attached hydrogen (secondary N) is 1. The number of pyridine rings is 1. The van der Waals surface area contributed by atoms with Crippen molar-refractivity contribution in [3.05, 3.63) is 65.9 Å². The molecule has 0 saturated heterocycles. The summed E-state index contributed by atoms with van der Waals surface area (Å²) in [5, 5.41) is 3.72. The first kappa shape index (κ1) is 16.0. The van der Waals surface area contributed by atoms with Gasteiger partial charge in [-0.2, -0.15) is 13.2 Å². The van der Waals surface area contributed by atoms with Crippen LogP contribution in [0.1, 0.15) is 22.8 Å². The molecule has 0 bridgehead atoms. The van der Waals surface area contributed by atoms with Gasteiger partial charge in [-0.05, 0) is 49.4 Å². The van der Waals surface area contributed by atoms with Gasteiger partial charge in [0.1, 0.15) is 0 Å². The summed E-state index contributed by atoms with van der Waals surface area (Å²) in [5.41, 5.74) is 1.49. The fraction of sp³-hybridized carbons (Fsp3) is 0.111. The maximum atomic E-state index is 12.8. The second kappa shape index (κ2) is 5.96. The van der Waals surface area contributed by atoms with Crippen molar-refractivity contribution in [1.29, 1.82) is 0 Å². The summed E-state index contributed by atoms with van der Waals surface area (Å²) in [4.78, 5) is 15.3. The molecule has 1 N–H and O–H groups in total. The van der Waals surface area contributed by atoms with Gasteiger partial charge in [-0.15, -0.1) is 0 Å². The van der Waals surface area contributed by atoms with E-state index in [2.05, 4.69) is 10.3 Å². The van der Waals surface area contributed by atoms with E-state index in [1.807, 2.05) is 0 Å². The minimum absolute atomic E-state index is 0.0319. The lowest BCUT2D eigenvalue weighted by atomic mass is 10.1. The van der Waals surface area contributed by atoms with E-state index in [0.29, 0.717) is 16.6 Å². The topological polar surface area (TPSA) is 42.0 Å². The van der Waals surface area contributed by atoms with Gasteiger partial charge in [0.25, 0.3) is 0 Å². The SMILES string of the molecule is CC(=O)c1ccc(Nc2ccnc3cc(C(F)(F)F)ccc23)cc1. The van der Waals surface area contributed by atoms with Gasteiger partial charge in [0.15, 0.2) is 5.78 Å². The van der Waals surface area contributed by atoms with Gasteiger partial charge in [0, 0.05) is 28.5 Å². The van der Waals surface area contributed by atoms with Gasteiger partial charge in [-0.3, -0.25) is 9.78 Å². The summed E-state index contributed by atoms with van der Waals surface area (Å²) in [6, 6.07) is 12.0. The predicted octanol–water partition coefficient (Wildman–Crippen LogP) is 5.20. The number of nitrogens with zero attached hydrogens (tertiary/aromatic N) is 1. The van der Waals surface area contributed by atoms with Crippen LogP contribution in [0, 0.1) is 0 Å². The Balaban J connectivity index is 1.96. The van der Waals surface area contributed by atoms with Crippen LogP contribution in [0.25, 0.3) is 10.9 Å². The zero-order valence-corrected chi connectivity index (χ0v) is 12.7. The van der Waals surface area contributed by atoms with Crippen LogP contribution >= 0.6 is 0 Å². The average Bonchev–Trinajstić information content (AvgIpc) is 2.54. The smallest absolute Gasteiger partial charge is 0.355 e. The number of carbonyl (C=O) groups excluding carboxylic acids is 1. The van der Waals surface area contributed by atoms with Gasteiger partial charge in [-0.1, -0.05) is 6.07 Å². The van der Waals surface area contributed by atoms with Crippen LogP contribution in [0.15, 0.2) is 54.7 Å². The first-order valence-corrected chi connectivity index (χ1v) is 7.18. The summed E-state index contributed by atoms with van der Waals surface area (Å²) < 4.78 is 38.4. The zero-order valence-electron chi connectivity index (χ0n) is 12.7. The Morgan fingerprint density at radius 1 is 1.04 bits per heavy atom. The van der Waals surface area contributed by atoms with Crippen molar-refractivity contribution in [2.75, 3.05) is 5.32 Å². The lowest BCUT2D eigenvalue weighted by Crippen LogP contribution is -2.04. The van der Waals surface area contributed by atoms with Crippen LogP contribution in [0.3, 0.4) is 0 Å². The van der Waals surface area contributed by atoms with E-state index in [0.717, 1.165) is 17.8 Å². The summed E-state index contributed by atoms with van der Waals surface area (Å²) in [6.45, 7) is 1.48. The number of benzene rings is 2. The number of aromatic nitrogens is 1. The Morgan fingerprint density at radius 3 is 2.38 bits per heavy atom. The lowest BCUT2D eigenvalue weighted by molar-refractivity contribution is -0.137. The number of fused-ring (bicyclic) bond motifs is 1. The van der Waals surface area contributed by atoms with Crippen LogP contribution in [0.2, 0.25) is 0 Å². The fourth-order valence-corrected chi connectivity index (χ4v) is 2.38. The largest absolute Gasteiger partial charge is 0.416 e. The van der Waals surface area contributed by atoms with Crippen LogP contribution in [-0.2, 0) is 6.18 Å². The number of anilines is 2. The highest BCUT2D eigenvalue weighted by atomic mass is 19.4. The van der Waals surface area contributed by atoms with Crippen molar-refractivity contribution >= 4 is 28.1 Å². The van der Waals surface area contributed by atoms with Crippen LogP contribution in [0.4, 0.5) is 24.5 Å². The number of alkyl halides is 3. The number of carbonyl (C=O) groups is 1. The number of hydrogen-bond acceptors (Lipinski definition) is 3. The van der Waals surface area contributed by atoms with Crippen molar-refractivity contribution in [2.45, 2.75) is 13.1 Å². The molecule has 0 aliphatic heterocycles. The van der Waals surface area contributed by atoms with E-state index in [4.69, 9.17) is 0 Å². The lowest BCUT2D eigenvalue weighted by Gasteiger charge is -2.12. The first-order chi connectivity index (χ1) is 11.3. The molecule has 3 nitrogen and oxygen atoms in total. The predicted molar refractivity (Wildman–Crippen MR) is 86.5 cm³/mol. The normalized spacial score (nSPS) is 11.5. The van der Waals surface area contributed by atoms with Crippen LogP contribution in [0.5, 0.6) is 0 Å². The minimum atomic E-state index is -4.40. The van der Waals surface area contributed by atoms with E-state index < -0.39 is 11.7 Å². The van der Waals surface area contributed by atoms with E-state index in [9.17, 15) is 18.0 Å². The molecule has 0 aliphatic rings. The number of rotatable bonds is 3. The molecule has 0 fully saturated rings. The summed E-state index contributed by atoms with van der Waals surface area (Å²) in [5.74, 6) is -0.0319. The van der Waals surface area contributed by atoms with Crippen LogP contribution in [-0.4, -0.2) is 10.8 Å². The van der Waals surface area contributed by atoms with Crippen molar-refractivity contribution in [3.8, 4) is 0 Å². The Hall–Kier alpha value is -2.89. The third kappa shape index (κ3) is 3.22. The fourth-order valence-electron chi connectivity index (χ4n) is 2.38. The molecule has 6 heteroatoms. The number of hydrogen-bond donors (Lipinski definition) is 1. The third-order valence-corrected chi connectivity index (χ3v) is 3.64. The Kier molecular flexibility index (Phi) is 3.97. The molecule has 0 atom stereocenters. The highest BCUT2D eigenvalue weighted by molar-refractivity contribution is 5.95. The molecule has 0 unspecified atom stereocenters. The molecule has 1 heterocycles. The van der Waals surface area contributed by atoms with Crippen molar-refractivity contribution < 1.29 is 18.0 Å². The molecule has 3 rings (SSSR count). The van der Waals surface area contributed by atoms with Crippen molar-refractivity contribution in [1.82, 2.24) is 4.98 Å². The van der Waals surface area contributed by atoms with Gasteiger partial charge in [0.2, 0.25) is 0 Å². The van der Waals surface area contributed by atoms with Gasteiger partial charge in [0.05, 0.1) is 11.1 Å². The number of ketones is 1. The molecular formula is C18H13F3N2O. The molecule has 1 aromatic heterocycles. The maximum Gasteiger partial charge on any atom is 0.416 e. The van der Waals surface area contributed by atoms with Gasteiger partial charge >= 0.3 is 6.18 Å². The second-order valence-electron chi connectivity index (χ2n) is 5.35. The number of Topliss-reactive ketones (excluding diaryl/α,β-unsaturated/α-hetero) is 1. The molecule has 3 aromatic rings. The van der Waals surface area contributed by atoms with E-state index >= 15 is 0 Å². The minimum Gasteiger partial charge on any atom is -0.355 e. The van der Waals surface area contributed by atoms with Crippen LogP contribution < -0.4 is 5.32 Å². The molecule has 24 heavy (non-hydrogen) atoms. The van der Waals surface area contributed by atoms with E-state index in [1.165, 1.54) is 19.2 Å². The highest BCUT2D eigenvalue weighted by Gasteiger charge is 2.30. The molecular weight excluding hydrogens is 317 g/mol. The summed E-state index contributed by atoms with van der Waals surface area (Å²) >= 11 is 0. The summed E-state index contributed by atoms with van der Waals surface area (Å²) in [7, 11) is 0. The molecule has 0 radical (unpaired) electrons. The molecule has 0 amide bonds. The Labute approximate surface area is 136 Å². The monoisotopic (exact) mass is 330 g/mol. The maximum absolute atomic E-state index is 12.8. The zero-order chi connectivity index (χ0) is 17.3. The number of halogens is 3. The van der Waals surface area contributed by atoms with Crippen molar-refractivity contribution in [2.24, 2.45) is 0 Å². The molecule has 122 valence electrons. The molecule has 0 aliphatic carbocycles. The standard InChI is InChI=1S/C18H13F3N2O/c1-11(24)12-2-5-14(6-3-12)23-16-8-9-22-17-10-13(18(19,20)21)4-7-15(16)17/h2-10H,1H3,(H,22,23). The third-order valence-electron chi connectivity index (χ3n) is 3.64. The first-order valence-electron chi connectivity index (χ1n) is 7.18. The molecule has 0 spiro atoms. The Morgan fingerprint density at radius 2 is 1.75 bits per heavy atom. The van der Waals surface area contributed by atoms with Gasteiger partial charge in [-0.25, -0.2) is 0 Å². The highest BCUT2D eigenvalue weighted by Crippen LogP contribution is 2.33. The Bertz CT molecular complexity index is 902. The van der Waals surface area contributed by atoms with Crippen molar-refractivity contribution in [3.63, 3.8) is 0 Å².